The lowest BCUT2D eigenvalue weighted by atomic mass is 10.2. The summed E-state index contributed by atoms with van der Waals surface area (Å²) in [6.45, 7) is 4.33. The summed E-state index contributed by atoms with van der Waals surface area (Å²) in [5, 5.41) is 14.9. The molecule has 5 nitrogen and oxygen atoms in total. The maximum absolute atomic E-state index is 12.2. The Morgan fingerprint density at radius 2 is 1.83 bits per heavy atom. The van der Waals surface area contributed by atoms with Crippen LogP contribution in [0.2, 0.25) is 0 Å². The van der Waals surface area contributed by atoms with E-state index in [0.717, 1.165) is 5.56 Å². The monoisotopic (exact) mass is 260 g/mol. The molecule has 1 heterocycles. The van der Waals surface area contributed by atoms with Crippen LogP contribution in [0.25, 0.3) is 0 Å². The van der Waals surface area contributed by atoms with Crippen molar-refractivity contribution in [2.24, 2.45) is 0 Å². The van der Waals surface area contributed by atoms with E-state index in [1.54, 1.807) is 0 Å². The number of alkyl halides is 2. The topological polar surface area (TPSA) is 70.1 Å². The average molecular weight is 260 g/mol. The summed E-state index contributed by atoms with van der Waals surface area (Å²) in [5.41, 5.74) is 0.820. The van der Waals surface area contributed by atoms with Gasteiger partial charge in [-0.05, 0) is 13.3 Å². The molecule has 0 aliphatic carbocycles. The van der Waals surface area contributed by atoms with Gasteiger partial charge in [0.2, 0.25) is 0 Å². The smallest absolute Gasteiger partial charge is 0.265 e. The molecule has 0 aliphatic rings. The SMILES string of the molecule is CCNc1ncnc(NCC(O)C(F)F)c1CC. The maximum Gasteiger partial charge on any atom is 0.265 e. The molecule has 0 aromatic carbocycles. The van der Waals surface area contributed by atoms with Crippen molar-refractivity contribution in [2.75, 3.05) is 23.7 Å². The number of hydrogen-bond donors (Lipinski definition) is 3. The summed E-state index contributed by atoms with van der Waals surface area (Å²) < 4.78 is 24.4. The van der Waals surface area contributed by atoms with Crippen LogP contribution in [0.1, 0.15) is 19.4 Å². The molecule has 1 aromatic rings. The zero-order valence-electron chi connectivity index (χ0n) is 10.5. The van der Waals surface area contributed by atoms with Gasteiger partial charge in [-0.2, -0.15) is 0 Å². The van der Waals surface area contributed by atoms with E-state index in [9.17, 15) is 8.78 Å². The fraction of sp³-hybridized carbons (Fsp3) is 0.636. The highest BCUT2D eigenvalue weighted by Gasteiger charge is 2.17. The molecule has 3 N–H and O–H groups in total. The van der Waals surface area contributed by atoms with Crippen molar-refractivity contribution < 1.29 is 13.9 Å². The van der Waals surface area contributed by atoms with Gasteiger partial charge in [0, 0.05) is 18.7 Å². The minimum atomic E-state index is -2.77. The quantitative estimate of drug-likeness (QED) is 0.693. The highest BCUT2D eigenvalue weighted by Crippen LogP contribution is 2.20. The number of rotatable bonds is 7. The fourth-order valence-electron chi connectivity index (χ4n) is 1.51. The van der Waals surface area contributed by atoms with Gasteiger partial charge in [-0.1, -0.05) is 6.92 Å². The zero-order valence-corrected chi connectivity index (χ0v) is 10.5. The highest BCUT2D eigenvalue weighted by molar-refractivity contribution is 5.57. The minimum Gasteiger partial charge on any atom is -0.385 e. The number of halogens is 2. The number of hydrogen-bond acceptors (Lipinski definition) is 5. The van der Waals surface area contributed by atoms with E-state index in [1.807, 2.05) is 13.8 Å². The first kappa shape index (κ1) is 14.6. The molecule has 1 unspecified atom stereocenters. The molecular weight excluding hydrogens is 242 g/mol. The second-order valence-electron chi connectivity index (χ2n) is 3.72. The largest absolute Gasteiger partial charge is 0.385 e. The molecule has 7 heteroatoms. The van der Waals surface area contributed by atoms with Crippen LogP contribution in [0.4, 0.5) is 20.4 Å². The van der Waals surface area contributed by atoms with Gasteiger partial charge < -0.3 is 15.7 Å². The van der Waals surface area contributed by atoms with Crippen LogP contribution in [0, 0.1) is 0 Å². The van der Waals surface area contributed by atoms with E-state index >= 15 is 0 Å². The highest BCUT2D eigenvalue weighted by atomic mass is 19.3. The Kier molecular flexibility index (Phi) is 5.70. The molecular formula is C11H18F2N4O. The molecule has 18 heavy (non-hydrogen) atoms. The van der Waals surface area contributed by atoms with Crippen LogP contribution >= 0.6 is 0 Å². The third-order valence-electron chi connectivity index (χ3n) is 2.41. The van der Waals surface area contributed by atoms with Crippen LogP contribution in [0.3, 0.4) is 0 Å². The number of aliphatic hydroxyl groups is 1. The van der Waals surface area contributed by atoms with Crippen LogP contribution in [0.5, 0.6) is 0 Å². The Labute approximate surface area is 105 Å². The minimum absolute atomic E-state index is 0.243. The van der Waals surface area contributed by atoms with Crippen molar-refractivity contribution in [3.8, 4) is 0 Å². The van der Waals surface area contributed by atoms with Gasteiger partial charge in [-0.3, -0.25) is 0 Å². The standard InChI is InChI=1S/C11H18F2N4O/c1-3-7-10(14-4-2)16-6-17-11(7)15-5-8(18)9(12)13/h6,8-9,18H,3-5H2,1-2H3,(H2,14,15,16,17). The van der Waals surface area contributed by atoms with E-state index in [4.69, 9.17) is 5.11 Å². The summed E-state index contributed by atoms with van der Waals surface area (Å²) in [6.07, 6.45) is -2.45. The van der Waals surface area contributed by atoms with Gasteiger partial charge in [0.15, 0.2) is 0 Å². The van der Waals surface area contributed by atoms with E-state index < -0.39 is 12.5 Å². The summed E-state index contributed by atoms with van der Waals surface area (Å²) in [5.74, 6) is 1.16. The third kappa shape index (κ3) is 3.76. The molecule has 0 saturated heterocycles. The van der Waals surface area contributed by atoms with E-state index in [1.165, 1.54) is 6.33 Å². The number of nitrogens with zero attached hydrogens (tertiary/aromatic N) is 2. The first-order valence-corrected chi connectivity index (χ1v) is 5.87. The first-order valence-electron chi connectivity index (χ1n) is 5.87. The second-order valence-corrected chi connectivity index (χ2v) is 3.72. The number of aliphatic hydroxyl groups excluding tert-OH is 1. The molecule has 0 radical (unpaired) electrons. The Morgan fingerprint density at radius 3 is 2.33 bits per heavy atom. The Morgan fingerprint density at radius 1 is 1.22 bits per heavy atom. The van der Waals surface area contributed by atoms with Crippen LogP contribution in [0.15, 0.2) is 6.33 Å². The van der Waals surface area contributed by atoms with Crippen LogP contribution in [-0.4, -0.2) is 40.7 Å². The van der Waals surface area contributed by atoms with E-state index in [2.05, 4.69) is 20.6 Å². The molecule has 0 saturated carbocycles. The van der Waals surface area contributed by atoms with Crippen molar-refractivity contribution >= 4 is 11.6 Å². The average Bonchev–Trinajstić information content (AvgIpc) is 2.36. The molecule has 0 aliphatic heterocycles. The normalized spacial score (nSPS) is 12.6. The predicted octanol–water partition coefficient (Wildman–Crippen LogP) is 1.51. The lowest BCUT2D eigenvalue weighted by Crippen LogP contribution is -2.27. The predicted molar refractivity (Wildman–Crippen MR) is 66.1 cm³/mol. The molecule has 0 bridgehead atoms. The summed E-state index contributed by atoms with van der Waals surface area (Å²) in [4.78, 5) is 8.09. The van der Waals surface area contributed by atoms with E-state index in [0.29, 0.717) is 24.6 Å². The number of aromatic nitrogens is 2. The van der Waals surface area contributed by atoms with Crippen molar-refractivity contribution in [3.63, 3.8) is 0 Å². The second kappa shape index (κ2) is 7.05. The van der Waals surface area contributed by atoms with Gasteiger partial charge in [0.1, 0.15) is 24.1 Å². The Hall–Kier alpha value is -1.50. The van der Waals surface area contributed by atoms with Gasteiger partial charge in [-0.15, -0.1) is 0 Å². The zero-order chi connectivity index (χ0) is 13.5. The molecule has 102 valence electrons. The molecule has 0 fully saturated rings. The molecule has 1 atom stereocenters. The lowest BCUT2D eigenvalue weighted by Gasteiger charge is -2.15. The van der Waals surface area contributed by atoms with Crippen molar-refractivity contribution in [1.29, 1.82) is 0 Å². The van der Waals surface area contributed by atoms with Gasteiger partial charge in [0.25, 0.3) is 6.43 Å². The number of nitrogens with one attached hydrogen (secondary N) is 2. The Balaban J connectivity index is 2.78. The van der Waals surface area contributed by atoms with Gasteiger partial charge in [0.05, 0.1) is 0 Å². The first-order chi connectivity index (χ1) is 8.60. The lowest BCUT2D eigenvalue weighted by molar-refractivity contribution is 0.00380. The number of anilines is 2. The van der Waals surface area contributed by atoms with E-state index in [-0.39, 0.29) is 6.54 Å². The molecule has 0 amide bonds. The van der Waals surface area contributed by atoms with Crippen molar-refractivity contribution in [2.45, 2.75) is 32.8 Å². The Bertz CT molecular complexity index is 376. The molecule has 1 rings (SSSR count). The van der Waals surface area contributed by atoms with Crippen molar-refractivity contribution in [1.82, 2.24) is 9.97 Å². The maximum atomic E-state index is 12.2. The summed E-state index contributed by atoms with van der Waals surface area (Å²) in [6, 6.07) is 0. The van der Waals surface area contributed by atoms with Gasteiger partial charge >= 0.3 is 0 Å². The third-order valence-corrected chi connectivity index (χ3v) is 2.41. The molecule has 1 aromatic heterocycles. The summed E-state index contributed by atoms with van der Waals surface area (Å²) in [7, 11) is 0. The van der Waals surface area contributed by atoms with Gasteiger partial charge in [-0.25, -0.2) is 18.7 Å². The fourth-order valence-corrected chi connectivity index (χ4v) is 1.51. The van der Waals surface area contributed by atoms with Crippen molar-refractivity contribution in [3.05, 3.63) is 11.9 Å². The summed E-state index contributed by atoms with van der Waals surface area (Å²) >= 11 is 0. The molecule has 0 spiro atoms. The van der Waals surface area contributed by atoms with Crippen LogP contribution in [-0.2, 0) is 6.42 Å². The van der Waals surface area contributed by atoms with Crippen LogP contribution < -0.4 is 10.6 Å².